The van der Waals surface area contributed by atoms with E-state index in [0.29, 0.717) is 23.0 Å². The molecule has 1 aliphatic rings. The molecule has 1 fully saturated rings. The van der Waals surface area contributed by atoms with Crippen LogP contribution in [-0.2, 0) is 9.22 Å². The van der Waals surface area contributed by atoms with Gasteiger partial charge in [-0.2, -0.15) is 0 Å². The summed E-state index contributed by atoms with van der Waals surface area (Å²) >= 11 is 0. The van der Waals surface area contributed by atoms with E-state index in [0.717, 1.165) is 38.1 Å². The fourth-order valence-electron chi connectivity index (χ4n) is 4.21. The number of carbonyl (C=O) groups is 1. The molecular weight excluding hydrogens is 314 g/mol. The van der Waals surface area contributed by atoms with Gasteiger partial charge in [0.2, 0.25) is 5.91 Å². The summed E-state index contributed by atoms with van der Waals surface area (Å²) in [4.78, 5) is 14.4. The van der Waals surface area contributed by atoms with Crippen molar-refractivity contribution in [3.05, 3.63) is 12.0 Å². The molecule has 1 saturated heterocycles. The number of carbonyl (C=O) groups excluding carboxylic acids is 1. The van der Waals surface area contributed by atoms with Gasteiger partial charge in [-0.15, -0.1) is 0 Å². The smallest absolute Gasteiger partial charge is 0.260 e. The Bertz CT molecular complexity index is 408. The monoisotopic (exact) mass is 353 g/mol. The molecule has 0 spiro atoms. The lowest BCUT2D eigenvalue weighted by Crippen LogP contribution is -2.50. The van der Waals surface area contributed by atoms with E-state index in [-0.39, 0.29) is 5.91 Å². The van der Waals surface area contributed by atoms with Crippen LogP contribution in [0.15, 0.2) is 12.0 Å². The molecule has 0 unspecified atom stereocenters. The number of nitrogens with zero attached hydrogens (tertiary/aromatic N) is 1. The zero-order chi connectivity index (χ0) is 18.3. The van der Waals surface area contributed by atoms with Crippen molar-refractivity contribution in [1.29, 1.82) is 0 Å². The number of hydrogen-bond acceptors (Lipinski definition) is 2. The van der Waals surface area contributed by atoms with Crippen molar-refractivity contribution in [2.24, 2.45) is 0 Å². The second-order valence-electron chi connectivity index (χ2n) is 8.11. The summed E-state index contributed by atoms with van der Waals surface area (Å²) in [6, 6.07) is 0. The molecule has 1 rings (SSSR count). The summed E-state index contributed by atoms with van der Waals surface area (Å²) in [5.74, 6) is 1.11. The van der Waals surface area contributed by atoms with Gasteiger partial charge in [-0.3, -0.25) is 9.69 Å². The molecule has 0 saturated carbocycles. The molecule has 0 radical (unpaired) electrons. The maximum absolute atomic E-state index is 12.5. The van der Waals surface area contributed by atoms with Gasteiger partial charge in [-0.05, 0) is 48.4 Å². The van der Waals surface area contributed by atoms with E-state index in [1.54, 1.807) is 0 Å². The second kappa shape index (κ2) is 9.64. The van der Waals surface area contributed by atoms with Gasteiger partial charge in [-0.1, -0.05) is 54.9 Å². The van der Waals surface area contributed by atoms with Crippen LogP contribution in [0, 0.1) is 0 Å². The first-order chi connectivity index (χ1) is 11.3. The van der Waals surface area contributed by atoms with Gasteiger partial charge in [-0.25, -0.2) is 0 Å². The van der Waals surface area contributed by atoms with Gasteiger partial charge in [0, 0.05) is 13.0 Å². The molecular formula is C20H39NO2Si. The van der Waals surface area contributed by atoms with Crippen LogP contribution in [-0.4, -0.2) is 25.7 Å². The lowest BCUT2D eigenvalue weighted by molar-refractivity contribution is -0.133. The van der Waals surface area contributed by atoms with Crippen LogP contribution in [0.3, 0.4) is 0 Å². The standard InChI is InChI=1S/C20H39NO2Si/c1-8-9-10-14-20(21-15-12-11-13-19(21)22)23-24(16(2)3,17(4)5)18(6)7/h14,16-18H,8-13,15H2,1-7H3/b20-14-. The minimum Gasteiger partial charge on any atom is -0.531 e. The molecule has 0 atom stereocenters. The minimum absolute atomic E-state index is 0.239. The summed E-state index contributed by atoms with van der Waals surface area (Å²) in [7, 11) is -2.03. The summed E-state index contributed by atoms with van der Waals surface area (Å²) < 4.78 is 6.88. The van der Waals surface area contributed by atoms with E-state index in [9.17, 15) is 4.79 Å². The van der Waals surface area contributed by atoms with Crippen LogP contribution < -0.4 is 0 Å². The van der Waals surface area contributed by atoms with E-state index in [4.69, 9.17) is 4.43 Å². The Balaban J connectivity index is 3.17. The molecule has 0 aliphatic carbocycles. The van der Waals surface area contributed by atoms with Gasteiger partial charge in [0.1, 0.15) is 0 Å². The molecule has 0 bridgehead atoms. The van der Waals surface area contributed by atoms with Crippen LogP contribution in [0.25, 0.3) is 0 Å². The highest BCUT2D eigenvalue weighted by atomic mass is 28.4. The molecule has 0 aromatic carbocycles. The van der Waals surface area contributed by atoms with E-state index in [1.807, 2.05) is 4.90 Å². The molecule has 3 nitrogen and oxygen atoms in total. The van der Waals surface area contributed by atoms with Crippen molar-refractivity contribution < 1.29 is 9.22 Å². The lowest BCUT2D eigenvalue weighted by atomic mass is 10.1. The normalized spacial score (nSPS) is 17.3. The van der Waals surface area contributed by atoms with Crippen molar-refractivity contribution >= 4 is 14.2 Å². The quantitative estimate of drug-likeness (QED) is 0.280. The Morgan fingerprint density at radius 3 is 2.17 bits per heavy atom. The lowest BCUT2D eigenvalue weighted by Gasteiger charge is -2.45. The predicted octanol–water partition coefficient (Wildman–Crippen LogP) is 6.22. The van der Waals surface area contributed by atoms with Gasteiger partial charge in [0.05, 0.1) is 0 Å². The van der Waals surface area contributed by atoms with Crippen LogP contribution in [0.5, 0.6) is 0 Å². The first kappa shape index (κ1) is 21.3. The highest BCUT2D eigenvalue weighted by Crippen LogP contribution is 2.44. The van der Waals surface area contributed by atoms with Crippen molar-refractivity contribution in [2.75, 3.05) is 6.54 Å². The molecule has 140 valence electrons. The van der Waals surface area contributed by atoms with Crippen LogP contribution in [0.1, 0.15) is 87.0 Å². The molecule has 1 heterocycles. The highest BCUT2D eigenvalue weighted by molar-refractivity contribution is 6.77. The van der Waals surface area contributed by atoms with E-state index in [1.165, 1.54) is 6.42 Å². The highest BCUT2D eigenvalue weighted by Gasteiger charge is 2.48. The van der Waals surface area contributed by atoms with E-state index >= 15 is 0 Å². The SMILES string of the molecule is CCCC/C=C(\O[Si](C(C)C)(C(C)C)C(C)C)N1CCCCC1=O. The van der Waals surface area contributed by atoms with Gasteiger partial charge in [0.15, 0.2) is 5.88 Å². The number of piperidine rings is 1. The summed E-state index contributed by atoms with van der Waals surface area (Å²) in [6.07, 6.45) is 8.26. The number of rotatable bonds is 9. The third-order valence-corrected chi connectivity index (χ3v) is 11.4. The Kier molecular flexibility index (Phi) is 8.55. The first-order valence-electron chi connectivity index (χ1n) is 9.96. The summed E-state index contributed by atoms with van der Waals surface area (Å²) in [5, 5.41) is 0. The number of amides is 1. The molecule has 0 N–H and O–H groups in total. The molecule has 1 aliphatic heterocycles. The van der Waals surface area contributed by atoms with Crippen molar-refractivity contribution in [2.45, 2.75) is 104 Å². The zero-order valence-corrected chi connectivity index (χ0v) is 18.0. The fourth-order valence-corrected chi connectivity index (χ4v) is 9.47. The maximum atomic E-state index is 12.5. The summed E-state index contributed by atoms with van der Waals surface area (Å²) in [6.45, 7) is 16.8. The topological polar surface area (TPSA) is 29.5 Å². The molecule has 1 amide bonds. The Hall–Kier alpha value is -0.773. The Morgan fingerprint density at radius 2 is 1.71 bits per heavy atom. The number of unbranched alkanes of at least 4 members (excludes halogenated alkanes) is 2. The van der Waals surface area contributed by atoms with Gasteiger partial charge < -0.3 is 4.43 Å². The van der Waals surface area contributed by atoms with E-state index < -0.39 is 8.32 Å². The van der Waals surface area contributed by atoms with Gasteiger partial charge >= 0.3 is 0 Å². The van der Waals surface area contributed by atoms with Crippen LogP contribution in [0.2, 0.25) is 16.6 Å². The van der Waals surface area contributed by atoms with Gasteiger partial charge in [0.25, 0.3) is 8.32 Å². The van der Waals surface area contributed by atoms with Crippen molar-refractivity contribution in [1.82, 2.24) is 4.90 Å². The molecule has 0 aromatic rings. The average Bonchev–Trinajstić information content (AvgIpc) is 2.50. The Morgan fingerprint density at radius 1 is 1.12 bits per heavy atom. The third-order valence-electron chi connectivity index (χ3n) is 5.45. The fraction of sp³-hybridized carbons (Fsp3) is 0.850. The van der Waals surface area contributed by atoms with Crippen molar-refractivity contribution in [3.63, 3.8) is 0 Å². The predicted molar refractivity (Wildman–Crippen MR) is 105 cm³/mol. The third kappa shape index (κ3) is 4.87. The average molecular weight is 354 g/mol. The number of hydrogen-bond donors (Lipinski definition) is 0. The number of likely N-dealkylation sites (tertiary alicyclic amines) is 1. The molecule has 24 heavy (non-hydrogen) atoms. The van der Waals surface area contributed by atoms with Crippen LogP contribution >= 0.6 is 0 Å². The maximum Gasteiger partial charge on any atom is 0.260 e. The zero-order valence-electron chi connectivity index (χ0n) is 17.0. The number of allylic oxidation sites excluding steroid dienone is 1. The van der Waals surface area contributed by atoms with Crippen LogP contribution in [0.4, 0.5) is 0 Å². The Labute approximate surface area is 151 Å². The first-order valence-corrected chi connectivity index (χ1v) is 12.1. The second-order valence-corrected chi connectivity index (χ2v) is 13.5. The van der Waals surface area contributed by atoms with Crippen molar-refractivity contribution in [3.8, 4) is 0 Å². The molecule has 4 heteroatoms. The summed E-state index contributed by atoms with van der Waals surface area (Å²) in [5.41, 5.74) is 1.56. The molecule has 0 aromatic heterocycles. The minimum atomic E-state index is -2.03. The van der Waals surface area contributed by atoms with E-state index in [2.05, 4.69) is 54.5 Å². The largest absolute Gasteiger partial charge is 0.531 e.